The molecule has 0 aliphatic heterocycles. The largest absolute Gasteiger partial charge is 0.481 e. The normalized spacial score (nSPS) is 23.0. The highest BCUT2D eigenvalue weighted by Crippen LogP contribution is 2.46. The lowest BCUT2D eigenvalue weighted by Gasteiger charge is -2.24. The number of unbranched alkanes of at least 4 members (excludes halogenated alkanes) is 1. The summed E-state index contributed by atoms with van der Waals surface area (Å²) in [6.07, 6.45) is 7.19. The van der Waals surface area contributed by atoms with Crippen molar-refractivity contribution in [3.8, 4) is 6.07 Å². The van der Waals surface area contributed by atoms with Crippen LogP contribution in [0.15, 0.2) is 24.3 Å². The molecule has 0 amide bonds. The van der Waals surface area contributed by atoms with Gasteiger partial charge in [0.2, 0.25) is 0 Å². The Morgan fingerprint density at radius 2 is 2.14 bits per heavy atom. The number of aliphatic hydroxyl groups is 2. The number of aliphatic carboxylic acids is 1. The van der Waals surface area contributed by atoms with Crippen LogP contribution in [-0.2, 0) is 4.79 Å². The van der Waals surface area contributed by atoms with Gasteiger partial charge in [-0.25, -0.2) is 0 Å². The summed E-state index contributed by atoms with van der Waals surface area (Å²) in [5, 5.41) is 37.6. The van der Waals surface area contributed by atoms with Gasteiger partial charge in [0.05, 0.1) is 18.2 Å². The van der Waals surface area contributed by atoms with Crippen molar-refractivity contribution in [2.45, 2.75) is 62.8 Å². The van der Waals surface area contributed by atoms with Crippen LogP contribution in [-0.4, -0.2) is 33.3 Å². The zero-order valence-corrected chi connectivity index (χ0v) is 16.9. The van der Waals surface area contributed by atoms with Gasteiger partial charge in [-0.2, -0.15) is 5.26 Å². The van der Waals surface area contributed by atoms with Gasteiger partial charge in [-0.3, -0.25) is 4.79 Å². The average Bonchev–Trinajstić information content (AvgIpc) is 3.03. The molecule has 1 aromatic carbocycles. The van der Waals surface area contributed by atoms with Crippen molar-refractivity contribution >= 4 is 17.6 Å². The smallest absolute Gasteiger partial charge is 0.303 e. The van der Waals surface area contributed by atoms with Gasteiger partial charge in [0, 0.05) is 11.8 Å². The number of rotatable bonds is 9. The SMILES string of the molecule is Cc1cc(C2CCC(Cl)C2C/C=C\CCCC(=O)O)c(C#N)cc1C(O)CO. The number of allylic oxidation sites excluding steroid dienone is 2. The number of hydrogen-bond acceptors (Lipinski definition) is 4. The molecule has 4 unspecified atom stereocenters. The topological polar surface area (TPSA) is 102 Å². The molecule has 0 aromatic heterocycles. The lowest BCUT2D eigenvalue weighted by atomic mass is 9.82. The lowest BCUT2D eigenvalue weighted by Crippen LogP contribution is -2.15. The molecule has 1 fully saturated rings. The highest BCUT2D eigenvalue weighted by Gasteiger charge is 2.36. The summed E-state index contributed by atoms with van der Waals surface area (Å²) in [6, 6.07) is 5.88. The quantitative estimate of drug-likeness (QED) is 0.324. The minimum absolute atomic E-state index is 0.0308. The summed E-state index contributed by atoms with van der Waals surface area (Å²) in [5.74, 6) is -0.406. The molecule has 6 heteroatoms. The van der Waals surface area contributed by atoms with Crippen LogP contribution in [0.25, 0.3) is 0 Å². The Bertz CT molecular complexity index is 756. The number of aliphatic hydroxyl groups excluding tert-OH is 2. The van der Waals surface area contributed by atoms with E-state index in [9.17, 15) is 20.3 Å². The van der Waals surface area contributed by atoms with Gasteiger partial charge < -0.3 is 15.3 Å². The Kier molecular flexibility index (Phi) is 8.50. The van der Waals surface area contributed by atoms with Crippen LogP contribution in [0.3, 0.4) is 0 Å². The Morgan fingerprint density at radius 3 is 2.79 bits per heavy atom. The van der Waals surface area contributed by atoms with E-state index in [1.54, 1.807) is 6.07 Å². The second kappa shape index (κ2) is 10.6. The molecule has 3 N–H and O–H groups in total. The molecule has 1 aliphatic rings. The maximum absolute atomic E-state index is 10.6. The van der Waals surface area contributed by atoms with Crippen molar-refractivity contribution in [3.05, 3.63) is 46.5 Å². The van der Waals surface area contributed by atoms with Gasteiger partial charge in [-0.1, -0.05) is 18.2 Å². The maximum atomic E-state index is 10.6. The number of carboxylic acids is 1. The van der Waals surface area contributed by atoms with Crippen LogP contribution in [0.5, 0.6) is 0 Å². The van der Waals surface area contributed by atoms with E-state index < -0.39 is 12.1 Å². The van der Waals surface area contributed by atoms with Gasteiger partial charge in [0.1, 0.15) is 6.10 Å². The first-order valence-corrected chi connectivity index (χ1v) is 10.2. The number of aryl methyl sites for hydroxylation is 1. The molecular formula is C22H28ClNO4. The van der Waals surface area contributed by atoms with E-state index in [0.717, 1.165) is 36.8 Å². The summed E-state index contributed by atoms with van der Waals surface area (Å²) in [5.41, 5.74) is 2.93. The van der Waals surface area contributed by atoms with Crippen molar-refractivity contribution in [2.75, 3.05) is 6.61 Å². The van der Waals surface area contributed by atoms with Crippen molar-refractivity contribution in [1.29, 1.82) is 5.26 Å². The summed E-state index contributed by atoms with van der Waals surface area (Å²) in [6.45, 7) is 1.50. The van der Waals surface area contributed by atoms with Crippen molar-refractivity contribution in [1.82, 2.24) is 0 Å². The fraction of sp³-hybridized carbons (Fsp3) is 0.545. The fourth-order valence-corrected chi connectivity index (χ4v) is 4.47. The first-order chi connectivity index (χ1) is 13.4. The Hall–Kier alpha value is -1.87. The maximum Gasteiger partial charge on any atom is 0.303 e. The van der Waals surface area contributed by atoms with Crippen molar-refractivity contribution in [2.24, 2.45) is 5.92 Å². The molecule has 2 rings (SSSR count). The van der Waals surface area contributed by atoms with E-state index in [0.29, 0.717) is 17.5 Å². The predicted molar refractivity (Wildman–Crippen MR) is 108 cm³/mol. The number of alkyl halides is 1. The van der Waals surface area contributed by atoms with Gasteiger partial charge in [0.25, 0.3) is 0 Å². The molecule has 0 bridgehead atoms. The molecule has 0 heterocycles. The Labute approximate surface area is 171 Å². The standard InChI is InChI=1S/C22H28ClNO4/c1-14-10-19(15(12-24)11-18(14)21(26)13-25)16-8-9-20(23)17(16)6-4-2-3-5-7-22(27)28/h2,4,10-11,16-17,20-21,25-26H,3,5-9,13H2,1H3,(H,27,28)/b4-2-. The Balaban J connectivity index is 2.16. The predicted octanol–water partition coefficient (Wildman–Crippen LogP) is 4.19. The summed E-state index contributed by atoms with van der Waals surface area (Å²) in [4.78, 5) is 10.6. The third kappa shape index (κ3) is 5.57. The molecule has 0 spiro atoms. The highest BCUT2D eigenvalue weighted by atomic mass is 35.5. The van der Waals surface area contributed by atoms with E-state index in [1.807, 2.05) is 19.1 Å². The number of halogens is 1. The minimum atomic E-state index is -0.991. The van der Waals surface area contributed by atoms with Gasteiger partial charge in [0.15, 0.2) is 0 Å². The number of carbonyl (C=O) groups is 1. The number of nitrogens with zero attached hydrogens (tertiary/aromatic N) is 1. The first kappa shape index (κ1) is 22.4. The summed E-state index contributed by atoms with van der Waals surface area (Å²) in [7, 11) is 0. The minimum Gasteiger partial charge on any atom is -0.481 e. The molecule has 0 radical (unpaired) electrons. The lowest BCUT2D eigenvalue weighted by molar-refractivity contribution is -0.137. The molecule has 4 atom stereocenters. The molecule has 0 saturated heterocycles. The van der Waals surface area contributed by atoms with Crippen LogP contribution in [0.2, 0.25) is 0 Å². The molecule has 5 nitrogen and oxygen atoms in total. The second-order valence-corrected chi connectivity index (χ2v) is 8.02. The number of hydrogen-bond donors (Lipinski definition) is 3. The summed E-state index contributed by atoms with van der Waals surface area (Å²) >= 11 is 6.58. The van der Waals surface area contributed by atoms with Gasteiger partial charge >= 0.3 is 5.97 Å². The van der Waals surface area contributed by atoms with Crippen molar-refractivity contribution < 1.29 is 20.1 Å². The van der Waals surface area contributed by atoms with E-state index in [4.69, 9.17) is 16.7 Å². The van der Waals surface area contributed by atoms with Crippen LogP contribution < -0.4 is 0 Å². The third-order valence-corrected chi connectivity index (χ3v) is 6.10. The zero-order chi connectivity index (χ0) is 20.7. The first-order valence-electron chi connectivity index (χ1n) is 9.73. The number of nitriles is 1. The highest BCUT2D eigenvalue weighted by molar-refractivity contribution is 6.21. The molecule has 152 valence electrons. The average molecular weight is 406 g/mol. The summed E-state index contributed by atoms with van der Waals surface area (Å²) < 4.78 is 0. The van der Waals surface area contributed by atoms with Crippen molar-refractivity contribution in [3.63, 3.8) is 0 Å². The molecule has 1 aromatic rings. The van der Waals surface area contributed by atoms with E-state index in [-0.39, 0.29) is 30.2 Å². The van der Waals surface area contributed by atoms with Crippen LogP contribution >= 0.6 is 11.6 Å². The van der Waals surface area contributed by atoms with Gasteiger partial charge in [-0.05, 0) is 73.6 Å². The van der Waals surface area contributed by atoms with E-state index >= 15 is 0 Å². The van der Waals surface area contributed by atoms with E-state index in [1.165, 1.54) is 0 Å². The third-order valence-electron chi connectivity index (χ3n) is 5.56. The van der Waals surface area contributed by atoms with E-state index in [2.05, 4.69) is 12.1 Å². The second-order valence-electron chi connectivity index (χ2n) is 7.46. The number of benzene rings is 1. The molecule has 1 aliphatic carbocycles. The molecular weight excluding hydrogens is 378 g/mol. The van der Waals surface area contributed by atoms with Crippen LogP contribution in [0.1, 0.15) is 72.8 Å². The number of carboxylic acid groups (broad SMARTS) is 1. The Morgan fingerprint density at radius 1 is 1.39 bits per heavy atom. The van der Waals surface area contributed by atoms with Crippen LogP contribution in [0.4, 0.5) is 0 Å². The fourth-order valence-electron chi connectivity index (χ4n) is 4.07. The van der Waals surface area contributed by atoms with Gasteiger partial charge in [-0.15, -0.1) is 11.6 Å². The zero-order valence-electron chi connectivity index (χ0n) is 16.1. The molecule has 28 heavy (non-hydrogen) atoms. The monoisotopic (exact) mass is 405 g/mol. The molecule has 1 saturated carbocycles. The van der Waals surface area contributed by atoms with Crippen LogP contribution in [0, 0.1) is 24.2 Å².